The molecule has 1 heterocycles. The van der Waals surface area contributed by atoms with Crippen molar-refractivity contribution >= 4 is 44.8 Å². The average molecular weight is 222 g/mol. The molecule has 1 aromatic heterocycles. The lowest BCUT2D eigenvalue weighted by molar-refractivity contribution is 0.630. The summed E-state index contributed by atoms with van der Waals surface area (Å²) in [4.78, 5) is 0. The third-order valence-corrected chi connectivity index (χ3v) is 3.24. The Bertz CT molecular complexity index is 440. The molecule has 0 saturated carbocycles. The zero-order valence-corrected chi connectivity index (χ0v) is 7.97. The van der Waals surface area contributed by atoms with E-state index in [0.29, 0.717) is 15.2 Å². The van der Waals surface area contributed by atoms with Gasteiger partial charge in [0.2, 0.25) is 0 Å². The van der Waals surface area contributed by atoms with Gasteiger partial charge >= 0.3 is 0 Å². The van der Waals surface area contributed by atoms with E-state index in [1.54, 1.807) is 6.07 Å². The second-order valence-corrected chi connectivity index (χ2v) is 3.72. The van der Waals surface area contributed by atoms with E-state index in [-0.39, 0.29) is 5.02 Å². The molecule has 62 valence electrons. The van der Waals surface area contributed by atoms with E-state index < -0.39 is 5.82 Å². The topological polar surface area (TPSA) is 12.9 Å². The predicted octanol–water partition coefficient (Wildman–Crippen LogP) is 3.74. The number of hydrogen-bond donors (Lipinski definition) is 0. The third kappa shape index (κ3) is 1.09. The zero-order valence-electron chi connectivity index (χ0n) is 5.64. The number of aromatic nitrogens is 1. The Morgan fingerprint density at radius 2 is 2.08 bits per heavy atom. The van der Waals surface area contributed by atoms with Gasteiger partial charge in [0.1, 0.15) is 5.82 Å². The number of hydrogen-bond acceptors (Lipinski definition) is 2. The first-order chi connectivity index (χ1) is 5.70. The van der Waals surface area contributed by atoms with Gasteiger partial charge in [-0.25, -0.2) is 4.39 Å². The van der Waals surface area contributed by atoms with E-state index in [9.17, 15) is 4.39 Å². The molecule has 0 atom stereocenters. The Hall–Kier alpha value is -0.380. The fraction of sp³-hybridized carbons (Fsp3) is 0. The number of nitrogens with zero attached hydrogens (tertiary/aromatic N) is 1. The number of benzene rings is 1. The molecule has 2 rings (SSSR count). The average Bonchev–Trinajstić information content (AvgIpc) is 2.41. The van der Waals surface area contributed by atoms with Crippen LogP contribution in [0.4, 0.5) is 4.39 Å². The van der Waals surface area contributed by atoms with E-state index in [0.717, 1.165) is 11.5 Å². The van der Waals surface area contributed by atoms with E-state index in [1.165, 1.54) is 6.07 Å². The molecule has 0 bridgehead atoms. The highest BCUT2D eigenvalue weighted by Gasteiger charge is 2.10. The minimum atomic E-state index is -0.440. The first-order valence-electron chi connectivity index (χ1n) is 3.09. The standard InChI is InChI=1S/C7H2Cl2FNS/c8-5-4(10)2-1-3-6(5)12-11-7(3)9/h1-2H. The highest BCUT2D eigenvalue weighted by atomic mass is 35.5. The lowest BCUT2D eigenvalue weighted by Gasteiger charge is -1.93. The van der Waals surface area contributed by atoms with Crippen LogP contribution in [0.15, 0.2) is 12.1 Å². The molecule has 5 heteroatoms. The summed E-state index contributed by atoms with van der Waals surface area (Å²) in [5.74, 6) is -0.440. The van der Waals surface area contributed by atoms with E-state index >= 15 is 0 Å². The molecule has 12 heavy (non-hydrogen) atoms. The van der Waals surface area contributed by atoms with E-state index in [2.05, 4.69) is 4.37 Å². The van der Waals surface area contributed by atoms with Crippen molar-refractivity contribution < 1.29 is 4.39 Å². The lowest BCUT2D eigenvalue weighted by atomic mass is 10.3. The molecule has 0 unspecified atom stereocenters. The van der Waals surface area contributed by atoms with Gasteiger partial charge in [-0.15, -0.1) is 0 Å². The highest BCUT2D eigenvalue weighted by Crippen LogP contribution is 2.33. The van der Waals surface area contributed by atoms with Crippen LogP contribution >= 0.6 is 34.7 Å². The summed E-state index contributed by atoms with van der Waals surface area (Å²) in [5, 5.41) is 1.17. The molecule has 0 saturated heterocycles. The summed E-state index contributed by atoms with van der Waals surface area (Å²) < 4.78 is 17.3. The molecule has 0 fully saturated rings. The quantitative estimate of drug-likeness (QED) is 0.661. The second kappa shape index (κ2) is 2.83. The van der Waals surface area contributed by atoms with Crippen LogP contribution in [0.3, 0.4) is 0 Å². The molecule has 1 nitrogen and oxygen atoms in total. The first-order valence-corrected chi connectivity index (χ1v) is 4.62. The van der Waals surface area contributed by atoms with Crippen molar-refractivity contribution in [3.8, 4) is 0 Å². The minimum Gasteiger partial charge on any atom is -0.205 e. The van der Waals surface area contributed by atoms with Crippen molar-refractivity contribution in [2.24, 2.45) is 0 Å². The van der Waals surface area contributed by atoms with Crippen molar-refractivity contribution in [2.45, 2.75) is 0 Å². The van der Waals surface area contributed by atoms with E-state index in [4.69, 9.17) is 23.2 Å². The first kappa shape index (κ1) is 8.23. The molecule has 0 amide bonds. The minimum absolute atomic E-state index is 0.0944. The van der Waals surface area contributed by atoms with Gasteiger partial charge in [0.05, 0.1) is 9.72 Å². The second-order valence-electron chi connectivity index (χ2n) is 2.21. The normalized spacial score (nSPS) is 10.9. The molecular weight excluding hydrogens is 220 g/mol. The van der Waals surface area contributed by atoms with Crippen molar-refractivity contribution in [3.63, 3.8) is 0 Å². The Kier molecular flexibility index (Phi) is 1.94. The Balaban J connectivity index is 2.93. The maximum absolute atomic E-state index is 12.9. The highest BCUT2D eigenvalue weighted by molar-refractivity contribution is 7.14. The van der Waals surface area contributed by atoms with Gasteiger partial charge < -0.3 is 0 Å². The zero-order chi connectivity index (χ0) is 8.72. The third-order valence-electron chi connectivity index (χ3n) is 1.49. The number of rotatable bonds is 0. The van der Waals surface area contributed by atoms with Crippen LogP contribution in [0, 0.1) is 5.82 Å². The van der Waals surface area contributed by atoms with Crippen LogP contribution in [0.5, 0.6) is 0 Å². The molecule has 0 spiro atoms. The van der Waals surface area contributed by atoms with Crippen molar-refractivity contribution in [2.75, 3.05) is 0 Å². The van der Waals surface area contributed by atoms with Crippen molar-refractivity contribution in [3.05, 3.63) is 28.1 Å². The van der Waals surface area contributed by atoms with Gasteiger partial charge in [-0.1, -0.05) is 23.2 Å². The van der Waals surface area contributed by atoms with Crippen LogP contribution in [0.2, 0.25) is 10.2 Å². The van der Waals surface area contributed by atoms with Gasteiger partial charge in [-0.2, -0.15) is 4.37 Å². The molecule has 0 aliphatic rings. The number of fused-ring (bicyclic) bond motifs is 1. The monoisotopic (exact) mass is 221 g/mol. The van der Waals surface area contributed by atoms with Gasteiger partial charge in [0.15, 0.2) is 5.15 Å². The fourth-order valence-electron chi connectivity index (χ4n) is 0.919. The molecule has 0 aliphatic carbocycles. The molecule has 0 N–H and O–H groups in total. The van der Waals surface area contributed by atoms with Crippen LogP contribution in [0.1, 0.15) is 0 Å². The fourth-order valence-corrected chi connectivity index (χ4v) is 2.21. The smallest absolute Gasteiger partial charge is 0.150 e. The molecule has 1 aromatic carbocycles. The molecule has 2 aromatic rings. The molecule has 0 radical (unpaired) electrons. The van der Waals surface area contributed by atoms with Crippen LogP contribution in [-0.4, -0.2) is 4.37 Å². The maximum Gasteiger partial charge on any atom is 0.150 e. The Labute approximate surface area is 81.9 Å². The summed E-state index contributed by atoms with van der Waals surface area (Å²) in [6, 6.07) is 2.85. The maximum atomic E-state index is 12.9. The van der Waals surface area contributed by atoms with E-state index in [1.807, 2.05) is 0 Å². The Morgan fingerprint density at radius 1 is 1.33 bits per heavy atom. The number of halogens is 3. The van der Waals surface area contributed by atoms with Gasteiger partial charge in [-0.3, -0.25) is 0 Å². The summed E-state index contributed by atoms with van der Waals surface area (Å²) in [6.07, 6.45) is 0. The predicted molar refractivity (Wildman–Crippen MR) is 49.6 cm³/mol. The van der Waals surface area contributed by atoms with Gasteiger partial charge in [0.25, 0.3) is 0 Å². The SMILES string of the molecule is Fc1ccc2c(Cl)nsc2c1Cl. The lowest BCUT2D eigenvalue weighted by Crippen LogP contribution is -1.74. The van der Waals surface area contributed by atoms with Gasteiger partial charge in [-0.05, 0) is 23.7 Å². The Morgan fingerprint density at radius 3 is 2.83 bits per heavy atom. The van der Waals surface area contributed by atoms with Crippen LogP contribution < -0.4 is 0 Å². The summed E-state index contributed by atoms with van der Waals surface area (Å²) in [7, 11) is 0. The van der Waals surface area contributed by atoms with Crippen LogP contribution in [0.25, 0.3) is 10.1 Å². The van der Waals surface area contributed by atoms with Crippen molar-refractivity contribution in [1.29, 1.82) is 0 Å². The van der Waals surface area contributed by atoms with Gasteiger partial charge in [0, 0.05) is 5.39 Å². The van der Waals surface area contributed by atoms with Crippen LogP contribution in [-0.2, 0) is 0 Å². The molecule has 0 aliphatic heterocycles. The summed E-state index contributed by atoms with van der Waals surface area (Å²) in [5.41, 5.74) is 0. The summed E-state index contributed by atoms with van der Waals surface area (Å²) >= 11 is 12.5. The largest absolute Gasteiger partial charge is 0.205 e. The molecular formula is C7H2Cl2FNS. The summed E-state index contributed by atoms with van der Waals surface area (Å²) in [6.45, 7) is 0. The van der Waals surface area contributed by atoms with Crippen molar-refractivity contribution in [1.82, 2.24) is 4.37 Å².